The van der Waals surface area contributed by atoms with Gasteiger partial charge in [0.2, 0.25) is 5.91 Å². The zero-order chi connectivity index (χ0) is 10.9. The molecular formula is C7H5F2NO3S. The fourth-order valence-electron chi connectivity index (χ4n) is 0.843. The molecule has 0 saturated heterocycles. The second-order valence-electron chi connectivity index (χ2n) is 2.45. The van der Waals surface area contributed by atoms with E-state index in [1.54, 1.807) is 0 Å². The molecule has 0 atom stereocenters. The highest BCUT2D eigenvalue weighted by Crippen LogP contribution is 2.18. The Morgan fingerprint density at radius 3 is 2.36 bits per heavy atom. The molecular weight excluding hydrogens is 216 g/mol. The smallest absolute Gasteiger partial charge is 0.335 e. The Kier molecular flexibility index (Phi) is 2.52. The van der Waals surface area contributed by atoms with Crippen LogP contribution < -0.4 is 5.73 Å². The third-order valence-corrected chi connectivity index (χ3v) is 2.32. The van der Waals surface area contributed by atoms with Crippen molar-refractivity contribution < 1.29 is 21.5 Å². The van der Waals surface area contributed by atoms with E-state index in [2.05, 4.69) is 0 Å². The molecule has 1 aromatic rings. The van der Waals surface area contributed by atoms with Gasteiger partial charge in [-0.15, -0.1) is 3.89 Å². The number of nitrogens with two attached hydrogens (primary N) is 1. The minimum absolute atomic E-state index is 0.275. The number of carbonyl (C=O) groups excluding carboxylic acids is 1. The van der Waals surface area contributed by atoms with Crippen molar-refractivity contribution in [3.8, 4) is 0 Å². The third-order valence-electron chi connectivity index (χ3n) is 1.48. The van der Waals surface area contributed by atoms with Gasteiger partial charge in [0.1, 0.15) is 10.7 Å². The van der Waals surface area contributed by atoms with Gasteiger partial charge < -0.3 is 5.73 Å². The van der Waals surface area contributed by atoms with Crippen molar-refractivity contribution in [3.63, 3.8) is 0 Å². The van der Waals surface area contributed by atoms with Crippen LogP contribution in [0.4, 0.5) is 8.28 Å². The molecule has 0 saturated carbocycles. The summed E-state index contributed by atoms with van der Waals surface area (Å²) in [5.74, 6) is -2.23. The maximum Gasteiger partial charge on any atom is 0.335 e. The van der Waals surface area contributed by atoms with Crippen LogP contribution in [0.1, 0.15) is 10.4 Å². The molecule has 0 unspecified atom stereocenters. The highest BCUT2D eigenvalue weighted by atomic mass is 32.3. The van der Waals surface area contributed by atoms with E-state index in [-0.39, 0.29) is 5.56 Å². The minimum Gasteiger partial charge on any atom is -0.366 e. The Morgan fingerprint density at radius 1 is 1.36 bits per heavy atom. The second kappa shape index (κ2) is 3.33. The average Bonchev–Trinajstić information content (AvgIpc) is 2.02. The zero-order valence-electron chi connectivity index (χ0n) is 6.70. The monoisotopic (exact) mass is 221 g/mol. The lowest BCUT2D eigenvalue weighted by Crippen LogP contribution is -2.12. The summed E-state index contributed by atoms with van der Waals surface area (Å²) >= 11 is 0. The van der Waals surface area contributed by atoms with Gasteiger partial charge >= 0.3 is 10.2 Å². The number of carbonyl (C=O) groups is 1. The quantitative estimate of drug-likeness (QED) is 0.742. The Morgan fingerprint density at radius 2 is 1.93 bits per heavy atom. The fraction of sp³-hybridized carbons (Fsp3) is 0. The molecule has 1 rings (SSSR count). The number of hydrogen-bond acceptors (Lipinski definition) is 3. The molecule has 0 spiro atoms. The molecule has 0 aliphatic rings. The van der Waals surface area contributed by atoms with Crippen molar-refractivity contribution in [1.29, 1.82) is 0 Å². The van der Waals surface area contributed by atoms with Gasteiger partial charge in [0.15, 0.2) is 0 Å². The predicted octanol–water partition coefficient (Wildman–Crippen LogP) is 0.583. The molecule has 1 amide bonds. The van der Waals surface area contributed by atoms with E-state index >= 15 is 0 Å². The standard InChI is InChI=1S/C7H5F2NO3S/c8-5-2-1-4(7(10)11)3-6(5)14(9,12)13/h1-3H,(H2,10,11). The van der Waals surface area contributed by atoms with Crippen LogP contribution in [0.25, 0.3) is 0 Å². The first-order valence-electron chi connectivity index (χ1n) is 3.36. The van der Waals surface area contributed by atoms with Crippen LogP contribution in [0.2, 0.25) is 0 Å². The molecule has 0 aromatic heterocycles. The van der Waals surface area contributed by atoms with Crippen LogP contribution in [-0.2, 0) is 10.2 Å². The summed E-state index contributed by atoms with van der Waals surface area (Å²) in [4.78, 5) is 9.39. The van der Waals surface area contributed by atoms with Gasteiger partial charge in [-0.05, 0) is 18.2 Å². The summed E-state index contributed by atoms with van der Waals surface area (Å²) in [6, 6.07) is 2.17. The number of benzene rings is 1. The fourth-order valence-corrected chi connectivity index (χ4v) is 1.41. The van der Waals surface area contributed by atoms with E-state index in [9.17, 15) is 21.5 Å². The van der Waals surface area contributed by atoms with Crippen LogP contribution in [0.15, 0.2) is 23.1 Å². The SMILES string of the molecule is NC(=O)c1ccc(F)c(S(=O)(=O)F)c1. The molecule has 0 aliphatic carbocycles. The highest BCUT2D eigenvalue weighted by molar-refractivity contribution is 7.86. The summed E-state index contributed by atoms with van der Waals surface area (Å²) in [6.45, 7) is 0. The average molecular weight is 221 g/mol. The molecule has 4 nitrogen and oxygen atoms in total. The molecule has 0 fully saturated rings. The van der Waals surface area contributed by atoms with Gasteiger partial charge in [-0.1, -0.05) is 0 Å². The number of hydrogen-bond donors (Lipinski definition) is 1. The van der Waals surface area contributed by atoms with Crippen LogP contribution >= 0.6 is 0 Å². The van der Waals surface area contributed by atoms with E-state index in [4.69, 9.17) is 5.73 Å². The predicted molar refractivity (Wildman–Crippen MR) is 43.2 cm³/mol. The summed E-state index contributed by atoms with van der Waals surface area (Å²) in [5.41, 5.74) is 4.52. The lowest BCUT2D eigenvalue weighted by atomic mass is 10.2. The Labute approximate surface area is 78.5 Å². The second-order valence-corrected chi connectivity index (χ2v) is 3.76. The van der Waals surface area contributed by atoms with Crippen molar-refractivity contribution in [3.05, 3.63) is 29.6 Å². The molecule has 0 radical (unpaired) electrons. The van der Waals surface area contributed by atoms with Crippen molar-refractivity contribution >= 4 is 16.1 Å². The van der Waals surface area contributed by atoms with E-state index in [1.807, 2.05) is 0 Å². The third kappa shape index (κ3) is 2.05. The Bertz CT molecular complexity index is 484. The van der Waals surface area contributed by atoms with Crippen molar-refractivity contribution in [2.75, 3.05) is 0 Å². The molecule has 0 aliphatic heterocycles. The number of primary amides is 1. The molecule has 1 aromatic carbocycles. The van der Waals surface area contributed by atoms with Crippen molar-refractivity contribution in [1.82, 2.24) is 0 Å². The van der Waals surface area contributed by atoms with Gasteiger partial charge in [-0.3, -0.25) is 4.79 Å². The summed E-state index contributed by atoms with van der Waals surface area (Å²) < 4.78 is 45.9. The lowest BCUT2D eigenvalue weighted by molar-refractivity contribution is 0.1000. The minimum atomic E-state index is -5.17. The van der Waals surface area contributed by atoms with Crippen molar-refractivity contribution in [2.24, 2.45) is 5.73 Å². The van der Waals surface area contributed by atoms with Gasteiger partial charge in [-0.2, -0.15) is 8.42 Å². The lowest BCUT2D eigenvalue weighted by Gasteiger charge is -1.99. The molecule has 14 heavy (non-hydrogen) atoms. The van der Waals surface area contributed by atoms with E-state index in [0.717, 1.165) is 6.07 Å². The van der Waals surface area contributed by atoms with Crippen LogP contribution in [0.3, 0.4) is 0 Å². The van der Waals surface area contributed by atoms with Gasteiger partial charge in [0, 0.05) is 5.56 Å². The topological polar surface area (TPSA) is 77.2 Å². The summed E-state index contributed by atoms with van der Waals surface area (Å²) in [5, 5.41) is 0. The van der Waals surface area contributed by atoms with Crippen LogP contribution in [0, 0.1) is 5.82 Å². The van der Waals surface area contributed by atoms with Crippen molar-refractivity contribution in [2.45, 2.75) is 4.90 Å². The highest BCUT2D eigenvalue weighted by Gasteiger charge is 2.19. The first-order valence-corrected chi connectivity index (χ1v) is 4.75. The summed E-state index contributed by atoms with van der Waals surface area (Å²) in [7, 11) is -5.17. The van der Waals surface area contributed by atoms with Gasteiger partial charge in [0.05, 0.1) is 0 Å². The first-order chi connectivity index (χ1) is 6.32. The van der Waals surface area contributed by atoms with Crippen LogP contribution in [-0.4, -0.2) is 14.3 Å². The van der Waals surface area contributed by atoms with E-state index in [1.165, 1.54) is 0 Å². The maximum atomic E-state index is 12.8. The van der Waals surface area contributed by atoms with Gasteiger partial charge in [0.25, 0.3) is 0 Å². The molecule has 76 valence electrons. The number of halogens is 2. The number of rotatable bonds is 2. The van der Waals surface area contributed by atoms with Crippen LogP contribution in [0.5, 0.6) is 0 Å². The summed E-state index contributed by atoms with van der Waals surface area (Å²) in [6.07, 6.45) is 0. The largest absolute Gasteiger partial charge is 0.366 e. The zero-order valence-corrected chi connectivity index (χ0v) is 7.51. The normalized spacial score (nSPS) is 11.3. The van der Waals surface area contributed by atoms with Gasteiger partial charge in [-0.25, -0.2) is 4.39 Å². The first kappa shape index (κ1) is 10.6. The Balaban J connectivity index is 3.44. The molecule has 0 bridgehead atoms. The molecule has 7 heteroatoms. The Hall–Kier alpha value is -1.50. The molecule has 2 N–H and O–H groups in total. The molecule has 0 heterocycles. The van der Waals surface area contributed by atoms with E-state index in [0.29, 0.717) is 12.1 Å². The van der Waals surface area contributed by atoms with E-state index < -0.39 is 26.8 Å². The maximum absolute atomic E-state index is 12.8. The number of amides is 1.